The van der Waals surface area contributed by atoms with Crippen LogP contribution in [0.4, 0.5) is 13.2 Å². The molecule has 0 amide bonds. The van der Waals surface area contributed by atoms with E-state index in [0.29, 0.717) is 5.88 Å². The monoisotopic (exact) mass is 724 g/mol. The van der Waals surface area contributed by atoms with Crippen LogP contribution in [0.15, 0.2) is 115 Å². The number of rotatable bonds is 5. The van der Waals surface area contributed by atoms with Gasteiger partial charge in [-0.2, -0.15) is 0 Å². The summed E-state index contributed by atoms with van der Waals surface area (Å²) in [6, 6.07) is 36.1. The van der Waals surface area contributed by atoms with Crippen LogP contribution in [0.2, 0.25) is 0 Å². The van der Waals surface area contributed by atoms with Crippen molar-refractivity contribution in [3.63, 3.8) is 0 Å². The second-order valence-corrected chi connectivity index (χ2v) is 9.04. The minimum Gasteiger partial charge on any atom is -0.406 e. The van der Waals surface area contributed by atoms with Crippen LogP contribution in [-0.4, -0.2) is 6.36 Å². The number of halogens is 7. The Kier molecular flexibility index (Phi) is 18.2. The maximum absolute atomic E-state index is 11.7. The fraction of sp³-hybridized carbons (Fsp3) is 0.172. The molecule has 4 aromatic rings. The molecule has 8 heteroatoms. The molecule has 0 aromatic heterocycles. The second-order valence-electron chi connectivity index (χ2n) is 7.18. The third-order valence-electron chi connectivity index (χ3n) is 4.30. The summed E-state index contributed by atoms with van der Waals surface area (Å²) < 4.78 is 39.8. The number of benzene rings is 4. The van der Waals surface area contributed by atoms with Gasteiger partial charge in [-0.15, -0.1) is 36.4 Å². The zero-order chi connectivity index (χ0) is 27.4. The van der Waals surface area contributed by atoms with Crippen LogP contribution >= 0.6 is 61.7 Å². The molecule has 1 nitrogen and oxygen atoms in total. The van der Waals surface area contributed by atoms with Crippen molar-refractivity contribution in [1.29, 1.82) is 0 Å². The number of hydrogen-bond donors (Lipinski definition) is 0. The van der Waals surface area contributed by atoms with Gasteiger partial charge < -0.3 is 4.74 Å². The first-order chi connectivity index (χ1) is 17.8. The Morgan fingerprint density at radius 2 is 0.973 bits per heavy atom. The van der Waals surface area contributed by atoms with Gasteiger partial charge in [0.05, 0.1) is 0 Å². The van der Waals surface area contributed by atoms with E-state index in [9.17, 15) is 13.2 Å². The molecular weight excluding hydrogens is 699 g/mol. The van der Waals surface area contributed by atoms with Crippen molar-refractivity contribution in [3.8, 4) is 5.75 Å². The SMILES string of the molecule is BrCc1ccccc1.ClCc1ccccc1.FC(F)(F)Oc1ccc(CCl)cc1.ICc1ccccc1. The first kappa shape index (κ1) is 33.3. The molecule has 0 aliphatic carbocycles. The standard InChI is InChI=1S/C8H6ClF3O.C7H7Br.C7H7Cl.C7H7I/c9-5-6-1-3-7(4-2-6)13-8(10,11)12;3*8-6-7-4-2-1-3-5-7/h1-4H,5H2;3*1-5H,6H2. The molecule has 0 saturated heterocycles. The average Bonchev–Trinajstić information content (AvgIpc) is 2.95. The van der Waals surface area contributed by atoms with Crippen molar-refractivity contribution < 1.29 is 17.9 Å². The maximum atomic E-state index is 11.7. The molecule has 0 fully saturated rings. The number of alkyl halides is 7. The Morgan fingerprint density at radius 1 is 0.595 bits per heavy atom. The lowest BCUT2D eigenvalue weighted by Crippen LogP contribution is -2.16. The summed E-state index contributed by atoms with van der Waals surface area (Å²) in [4.78, 5) is 0. The van der Waals surface area contributed by atoms with Gasteiger partial charge in [0.25, 0.3) is 0 Å². The fourth-order valence-electron chi connectivity index (χ4n) is 2.48. The molecule has 4 aromatic carbocycles. The largest absolute Gasteiger partial charge is 0.573 e. The van der Waals surface area contributed by atoms with Crippen molar-refractivity contribution in [3.05, 3.63) is 138 Å². The molecular formula is C29H27BrCl2F3IO. The van der Waals surface area contributed by atoms with Crippen LogP contribution in [0.5, 0.6) is 5.75 Å². The van der Waals surface area contributed by atoms with Gasteiger partial charge >= 0.3 is 6.36 Å². The van der Waals surface area contributed by atoms with Crippen molar-refractivity contribution >= 4 is 61.7 Å². The van der Waals surface area contributed by atoms with Crippen LogP contribution in [0, 0.1) is 0 Å². The zero-order valence-electron chi connectivity index (χ0n) is 19.9. The summed E-state index contributed by atoms with van der Waals surface area (Å²) >= 11 is 16.7. The smallest absolute Gasteiger partial charge is 0.406 e. The number of hydrogen-bond acceptors (Lipinski definition) is 1. The van der Waals surface area contributed by atoms with Crippen molar-refractivity contribution in [2.24, 2.45) is 0 Å². The molecule has 0 spiro atoms. The van der Waals surface area contributed by atoms with Crippen molar-refractivity contribution in [2.75, 3.05) is 0 Å². The predicted octanol–water partition coefficient (Wildman–Crippen LogP) is 11.0. The van der Waals surface area contributed by atoms with Gasteiger partial charge in [0.2, 0.25) is 0 Å². The van der Waals surface area contributed by atoms with Crippen LogP contribution in [-0.2, 0) is 21.5 Å². The summed E-state index contributed by atoms with van der Waals surface area (Å²) in [5.74, 6) is 0.647. The van der Waals surface area contributed by atoms with E-state index in [-0.39, 0.29) is 11.6 Å². The normalized spacial score (nSPS) is 9.92. The van der Waals surface area contributed by atoms with E-state index in [1.807, 2.05) is 54.6 Å². The highest BCUT2D eigenvalue weighted by atomic mass is 127. The molecule has 0 saturated carbocycles. The van der Waals surface area contributed by atoms with E-state index in [1.165, 1.54) is 41.0 Å². The predicted molar refractivity (Wildman–Crippen MR) is 162 cm³/mol. The molecule has 198 valence electrons. The molecule has 0 bridgehead atoms. The first-order valence-corrected chi connectivity index (χ1v) is 14.7. The third kappa shape index (κ3) is 17.4. The topological polar surface area (TPSA) is 9.23 Å². The molecule has 37 heavy (non-hydrogen) atoms. The average molecular weight is 726 g/mol. The first-order valence-electron chi connectivity index (χ1n) is 11.0. The van der Waals surface area contributed by atoms with Crippen LogP contribution in [0.1, 0.15) is 22.3 Å². The van der Waals surface area contributed by atoms with E-state index in [0.717, 1.165) is 15.3 Å². The second kappa shape index (κ2) is 20.3. The van der Waals surface area contributed by atoms with Crippen LogP contribution in [0.25, 0.3) is 0 Å². The number of ether oxygens (including phenoxy) is 1. The van der Waals surface area contributed by atoms with E-state index < -0.39 is 6.36 Å². The van der Waals surface area contributed by atoms with Gasteiger partial charge in [-0.1, -0.05) is 142 Å². The fourth-order valence-corrected chi connectivity index (χ4v) is 3.72. The Hall–Kier alpha value is -1.74. The summed E-state index contributed by atoms with van der Waals surface area (Å²) in [6.07, 6.45) is -4.64. The highest BCUT2D eigenvalue weighted by Crippen LogP contribution is 2.22. The maximum Gasteiger partial charge on any atom is 0.573 e. The summed E-state index contributed by atoms with van der Waals surface area (Å²) in [6.45, 7) is 0. The molecule has 0 aliphatic heterocycles. The Balaban J connectivity index is 0.000000253. The quantitative estimate of drug-likeness (QED) is 0.147. The third-order valence-corrected chi connectivity index (χ3v) is 6.45. The van der Waals surface area contributed by atoms with Crippen LogP contribution in [0.3, 0.4) is 0 Å². The van der Waals surface area contributed by atoms with Crippen LogP contribution < -0.4 is 4.74 Å². The Bertz CT molecular complexity index is 975. The molecule has 0 aliphatic rings. The minimum atomic E-state index is -4.64. The zero-order valence-corrected chi connectivity index (χ0v) is 25.1. The lowest BCUT2D eigenvalue weighted by molar-refractivity contribution is -0.274. The molecule has 4 rings (SSSR count). The van der Waals surface area contributed by atoms with Gasteiger partial charge in [0, 0.05) is 21.5 Å². The van der Waals surface area contributed by atoms with E-state index in [1.54, 1.807) is 0 Å². The minimum absolute atomic E-state index is 0.235. The van der Waals surface area contributed by atoms with E-state index in [2.05, 4.69) is 79.7 Å². The Labute approximate surface area is 249 Å². The molecule has 0 unspecified atom stereocenters. The van der Waals surface area contributed by atoms with E-state index >= 15 is 0 Å². The van der Waals surface area contributed by atoms with Crippen molar-refractivity contribution in [2.45, 2.75) is 27.9 Å². The van der Waals surface area contributed by atoms with Gasteiger partial charge in [-0.25, -0.2) is 0 Å². The van der Waals surface area contributed by atoms with Gasteiger partial charge in [-0.05, 0) is 34.4 Å². The molecule has 0 N–H and O–H groups in total. The summed E-state index contributed by atoms with van der Waals surface area (Å²) in [5.41, 5.74) is 4.64. The molecule has 0 atom stereocenters. The van der Waals surface area contributed by atoms with Gasteiger partial charge in [-0.3, -0.25) is 0 Å². The molecule has 0 heterocycles. The lowest BCUT2D eigenvalue weighted by Gasteiger charge is -2.08. The summed E-state index contributed by atoms with van der Waals surface area (Å²) in [5, 5.41) is 0.952. The van der Waals surface area contributed by atoms with Crippen molar-refractivity contribution in [1.82, 2.24) is 0 Å². The Morgan fingerprint density at radius 3 is 1.24 bits per heavy atom. The highest BCUT2D eigenvalue weighted by Gasteiger charge is 2.30. The van der Waals surface area contributed by atoms with E-state index in [4.69, 9.17) is 23.2 Å². The summed E-state index contributed by atoms with van der Waals surface area (Å²) in [7, 11) is 0. The lowest BCUT2D eigenvalue weighted by atomic mass is 10.2. The van der Waals surface area contributed by atoms with Gasteiger partial charge in [0.1, 0.15) is 5.75 Å². The van der Waals surface area contributed by atoms with Gasteiger partial charge in [0.15, 0.2) is 0 Å². The molecule has 0 radical (unpaired) electrons. The highest BCUT2D eigenvalue weighted by molar-refractivity contribution is 14.1.